The molecule has 0 aliphatic carbocycles. The largest absolute Gasteiger partial charge is 0.497 e. The Hall–Kier alpha value is -2.97. The van der Waals surface area contributed by atoms with Gasteiger partial charge in [0.05, 0.1) is 29.6 Å². The summed E-state index contributed by atoms with van der Waals surface area (Å²) in [6, 6.07) is 10.8. The number of nitrogens with zero attached hydrogens (tertiary/aromatic N) is 1. The van der Waals surface area contributed by atoms with Gasteiger partial charge in [-0.1, -0.05) is 23.9 Å². The molecule has 1 saturated heterocycles. The van der Waals surface area contributed by atoms with Crippen LogP contribution in [0.25, 0.3) is 6.08 Å². The third-order valence-corrected chi connectivity index (χ3v) is 6.08. The maximum Gasteiger partial charge on any atom is 0.415 e. The zero-order chi connectivity index (χ0) is 21.1. The van der Waals surface area contributed by atoms with Gasteiger partial charge < -0.3 is 24.4 Å². The van der Waals surface area contributed by atoms with E-state index in [1.165, 1.54) is 18.9 Å². The van der Waals surface area contributed by atoms with Crippen LogP contribution in [0.5, 0.6) is 17.2 Å². The van der Waals surface area contributed by atoms with E-state index in [0.29, 0.717) is 40.0 Å². The fourth-order valence-corrected chi connectivity index (χ4v) is 4.46. The maximum atomic E-state index is 13.1. The highest BCUT2D eigenvalue weighted by Crippen LogP contribution is 2.49. The summed E-state index contributed by atoms with van der Waals surface area (Å²) in [6.07, 6.45) is 1.40. The topological polar surface area (TPSA) is 77.1 Å². The van der Waals surface area contributed by atoms with Crippen molar-refractivity contribution in [1.82, 2.24) is 10.2 Å². The number of piperazine rings is 1. The Morgan fingerprint density at radius 2 is 1.73 bits per heavy atom. The normalized spacial score (nSPS) is 17.1. The number of methoxy groups -OCH3 is 2. The Bertz CT molecular complexity index is 997. The molecule has 0 radical (unpaired) electrons. The predicted octanol–water partition coefficient (Wildman–Crippen LogP) is 3.44. The van der Waals surface area contributed by atoms with Gasteiger partial charge >= 0.3 is 6.09 Å². The second-order valence-corrected chi connectivity index (χ2v) is 7.84. The van der Waals surface area contributed by atoms with Gasteiger partial charge in [0.25, 0.3) is 0 Å². The number of benzene rings is 2. The SMILES string of the molecule is COc1ccc(/C=C2\Sc3c(OC(=O)N4CCNCC4)ccc(OC)c3C2=O)cc1. The number of carbonyl (C=O) groups is 2. The molecule has 2 heterocycles. The van der Waals surface area contributed by atoms with E-state index < -0.39 is 6.09 Å². The second-order valence-electron chi connectivity index (χ2n) is 6.79. The molecule has 0 atom stereocenters. The summed E-state index contributed by atoms with van der Waals surface area (Å²) >= 11 is 1.29. The molecule has 7 nitrogen and oxygen atoms in total. The maximum absolute atomic E-state index is 13.1. The van der Waals surface area contributed by atoms with Crippen molar-refractivity contribution in [3.05, 3.63) is 52.4 Å². The van der Waals surface area contributed by atoms with Crippen LogP contribution in [0.3, 0.4) is 0 Å². The van der Waals surface area contributed by atoms with Gasteiger partial charge in [0.15, 0.2) is 0 Å². The van der Waals surface area contributed by atoms with Gasteiger partial charge in [-0.3, -0.25) is 4.79 Å². The number of thioether (sulfide) groups is 1. The third-order valence-electron chi connectivity index (χ3n) is 4.95. The van der Waals surface area contributed by atoms with Crippen molar-refractivity contribution < 1.29 is 23.8 Å². The summed E-state index contributed by atoms with van der Waals surface area (Å²) in [7, 11) is 3.13. The molecule has 0 aromatic heterocycles. The summed E-state index contributed by atoms with van der Waals surface area (Å²) in [6.45, 7) is 2.65. The summed E-state index contributed by atoms with van der Waals surface area (Å²) in [5.41, 5.74) is 1.30. The lowest BCUT2D eigenvalue weighted by Gasteiger charge is -2.26. The van der Waals surface area contributed by atoms with Crippen LogP contribution in [-0.4, -0.2) is 57.2 Å². The van der Waals surface area contributed by atoms with E-state index in [2.05, 4.69) is 5.32 Å². The van der Waals surface area contributed by atoms with Gasteiger partial charge in [-0.05, 0) is 35.9 Å². The molecule has 0 bridgehead atoms. The number of amides is 1. The van der Waals surface area contributed by atoms with Crippen molar-refractivity contribution in [2.45, 2.75) is 4.90 Å². The number of ether oxygens (including phenoxy) is 3. The van der Waals surface area contributed by atoms with Crippen LogP contribution in [0.2, 0.25) is 0 Å². The van der Waals surface area contributed by atoms with Gasteiger partial charge in [0.1, 0.15) is 17.2 Å². The first kappa shape index (κ1) is 20.3. The van der Waals surface area contributed by atoms with Crippen LogP contribution in [0, 0.1) is 0 Å². The number of hydrogen-bond acceptors (Lipinski definition) is 7. The molecule has 1 fully saturated rings. The Kier molecular flexibility index (Phi) is 5.96. The molecule has 2 aromatic rings. The van der Waals surface area contributed by atoms with Crippen molar-refractivity contribution in [3.63, 3.8) is 0 Å². The van der Waals surface area contributed by atoms with E-state index in [9.17, 15) is 9.59 Å². The Balaban J connectivity index is 1.63. The van der Waals surface area contributed by atoms with Crippen LogP contribution in [0.15, 0.2) is 46.2 Å². The second kappa shape index (κ2) is 8.81. The number of rotatable bonds is 4. The van der Waals surface area contributed by atoms with Crippen molar-refractivity contribution in [2.24, 2.45) is 0 Å². The van der Waals surface area contributed by atoms with Crippen LogP contribution < -0.4 is 19.5 Å². The van der Waals surface area contributed by atoms with E-state index >= 15 is 0 Å². The minimum absolute atomic E-state index is 0.150. The average molecular weight is 426 g/mol. The van der Waals surface area contributed by atoms with Crippen molar-refractivity contribution in [2.75, 3.05) is 40.4 Å². The summed E-state index contributed by atoms with van der Waals surface area (Å²) in [5, 5.41) is 3.20. The molecule has 0 spiro atoms. The van der Waals surface area contributed by atoms with E-state index in [-0.39, 0.29) is 5.78 Å². The molecule has 2 aromatic carbocycles. The van der Waals surface area contributed by atoms with Crippen LogP contribution in [-0.2, 0) is 0 Å². The molecule has 1 amide bonds. The smallest absolute Gasteiger partial charge is 0.415 e. The fraction of sp³-hybridized carbons (Fsp3) is 0.273. The Morgan fingerprint density at radius 1 is 1.03 bits per heavy atom. The van der Waals surface area contributed by atoms with Gasteiger partial charge in [0.2, 0.25) is 5.78 Å². The first-order chi connectivity index (χ1) is 14.6. The number of Topliss-reactive ketones (excluding diaryl/α,β-unsaturated/α-hetero) is 1. The molecule has 8 heteroatoms. The summed E-state index contributed by atoms with van der Waals surface area (Å²) in [4.78, 5) is 28.4. The van der Waals surface area contributed by atoms with E-state index in [1.807, 2.05) is 30.3 Å². The molecule has 2 aliphatic heterocycles. The first-order valence-corrected chi connectivity index (χ1v) is 10.4. The summed E-state index contributed by atoms with van der Waals surface area (Å²) < 4.78 is 16.2. The minimum Gasteiger partial charge on any atom is -0.497 e. The molecule has 0 unspecified atom stereocenters. The van der Waals surface area contributed by atoms with Crippen molar-refractivity contribution >= 4 is 29.7 Å². The van der Waals surface area contributed by atoms with Crippen LogP contribution >= 0.6 is 11.8 Å². The highest BCUT2D eigenvalue weighted by molar-refractivity contribution is 8.05. The quantitative estimate of drug-likeness (QED) is 0.751. The molecule has 4 rings (SSSR count). The Morgan fingerprint density at radius 3 is 2.40 bits per heavy atom. The zero-order valence-electron chi connectivity index (χ0n) is 16.8. The molecule has 156 valence electrons. The van der Waals surface area contributed by atoms with E-state index in [0.717, 1.165) is 24.4 Å². The van der Waals surface area contributed by atoms with E-state index in [4.69, 9.17) is 14.2 Å². The highest BCUT2D eigenvalue weighted by atomic mass is 32.2. The molecular weight excluding hydrogens is 404 g/mol. The van der Waals surface area contributed by atoms with Crippen molar-refractivity contribution in [3.8, 4) is 17.2 Å². The lowest BCUT2D eigenvalue weighted by molar-refractivity contribution is 0.104. The number of nitrogens with one attached hydrogen (secondary N) is 1. The Labute approximate surface area is 179 Å². The first-order valence-electron chi connectivity index (χ1n) is 9.57. The van der Waals surface area contributed by atoms with Gasteiger partial charge in [0, 0.05) is 26.2 Å². The van der Waals surface area contributed by atoms with Crippen LogP contribution in [0.1, 0.15) is 15.9 Å². The minimum atomic E-state index is -0.413. The van der Waals surface area contributed by atoms with Crippen molar-refractivity contribution in [1.29, 1.82) is 0 Å². The lowest BCUT2D eigenvalue weighted by atomic mass is 10.1. The molecular formula is C22H22N2O5S. The molecule has 2 aliphatic rings. The number of allylic oxidation sites excluding steroid dienone is 1. The van der Waals surface area contributed by atoms with Gasteiger partial charge in [-0.25, -0.2) is 4.79 Å². The molecule has 0 saturated carbocycles. The molecule has 30 heavy (non-hydrogen) atoms. The third kappa shape index (κ3) is 4.01. The highest BCUT2D eigenvalue weighted by Gasteiger charge is 2.33. The van der Waals surface area contributed by atoms with Gasteiger partial charge in [-0.15, -0.1) is 0 Å². The number of hydrogen-bond donors (Lipinski definition) is 1. The monoisotopic (exact) mass is 426 g/mol. The van der Waals surface area contributed by atoms with Crippen LogP contribution in [0.4, 0.5) is 4.79 Å². The number of fused-ring (bicyclic) bond motifs is 1. The lowest BCUT2D eigenvalue weighted by Crippen LogP contribution is -2.47. The van der Waals surface area contributed by atoms with Gasteiger partial charge in [-0.2, -0.15) is 0 Å². The number of ketones is 1. The fourth-order valence-electron chi connectivity index (χ4n) is 3.34. The zero-order valence-corrected chi connectivity index (χ0v) is 17.6. The molecule has 1 N–H and O–H groups in total. The standard InChI is InChI=1S/C22H22N2O5S/c1-27-15-5-3-14(4-6-15)13-18-20(25)19-16(28-2)7-8-17(21(19)30-18)29-22(26)24-11-9-23-10-12-24/h3-8,13,23H,9-12H2,1-2H3/b18-13-. The average Bonchev–Trinajstić information content (AvgIpc) is 3.12. The summed E-state index contributed by atoms with van der Waals surface area (Å²) in [5.74, 6) is 1.42. The number of carbonyl (C=O) groups excluding carboxylic acids is 2. The van der Waals surface area contributed by atoms with E-state index in [1.54, 1.807) is 24.1 Å². The predicted molar refractivity (Wildman–Crippen MR) is 115 cm³/mol.